The molecular weight excluding hydrogens is 292 g/mol. The predicted molar refractivity (Wildman–Crippen MR) is 89.3 cm³/mol. The quantitative estimate of drug-likeness (QED) is 0.336. The number of thioether (sulfide) groups is 1. The van der Waals surface area contributed by atoms with Gasteiger partial charge in [-0.3, -0.25) is 0 Å². The molecule has 1 N–H and O–H groups in total. The van der Waals surface area contributed by atoms with E-state index in [0.717, 1.165) is 31.0 Å². The zero-order valence-corrected chi connectivity index (χ0v) is 13.8. The predicted octanol–water partition coefficient (Wildman–Crippen LogP) is 4.33. The highest BCUT2D eigenvalue weighted by Gasteiger charge is 2.08. The van der Waals surface area contributed by atoms with Crippen molar-refractivity contribution < 1.29 is 5.21 Å². The number of oxime groups is 1. The molecular formula is C15H23ClN2OS. The first-order valence-electron chi connectivity index (χ1n) is 7.04. The van der Waals surface area contributed by atoms with Gasteiger partial charge in [0.2, 0.25) is 0 Å². The Bertz CT molecular complexity index is 420. The average Bonchev–Trinajstić information content (AvgIpc) is 2.44. The van der Waals surface area contributed by atoms with Gasteiger partial charge >= 0.3 is 0 Å². The van der Waals surface area contributed by atoms with Crippen LogP contribution < -0.4 is 0 Å². The Hall–Kier alpha value is -0.710. The van der Waals surface area contributed by atoms with Crippen molar-refractivity contribution >= 4 is 28.4 Å². The van der Waals surface area contributed by atoms with E-state index in [1.54, 1.807) is 11.8 Å². The van der Waals surface area contributed by atoms with Gasteiger partial charge in [0, 0.05) is 22.9 Å². The van der Waals surface area contributed by atoms with Gasteiger partial charge < -0.3 is 10.1 Å². The van der Waals surface area contributed by atoms with Crippen LogP contribution in [0.4, 0.5) is 0 Å². The van der Waals surface area contributed by atoms with Gasteiger partial charge in [-0.25, -0.2) is 0 Å². The molecule has 0 spiro atoms. The summed E-state index contributed by atoms with van der Waals surface area (Å²) in [5.74, 6) is 0.909. The summed E-state index contributed by atoms with van der Waals surface area (Å²) in [6.45, 7) is 7.64. The van der Waals surface area contributed by atoms with Crippen LogP contribution in [0.2, 0.25) is 5.02 Å². The molecule has 0 radical (unpaired) electrons. The highest BCUT2D eigenvalue weighted by molar-refractivity contribution is 8.14. The summed E-state index contributed by atoms with van der Waals surface area (Å²) in [4.78, 5) is 2.44. The van der Waals surface area contributed by atoms with Gasteiger partial charge in [0.25, 0.3) is 0 Å². The van der Waals surface area contributed by atoms with Crippen molar-refractivity contribution in [3.05, 3.63) is 34.9 Å². The summed E-state index contributed by atoms with van der Waals surface area (Å²) in [5.41, 5.74) is 0.863. The molecule has 0 amide bonds. The third-order valence-electron chi connectivity index (χ3n) is 2.89. The normalized spacial score (nSPS) is 12.1. The van der Waals surface area contributed by atoms with E-state index in [4.69, 9.17) is 16.8 Å². The monoisotopic (exact) mass is 314 g/mol. The fraction of sp³-hybridized carbons (Fsp3) is 0.533. The largest absolute Gasteiger partial charge is 0.410 e. The first-order valence-corrected chi connectivity index (χ1v) is 8.40. The van der Waals surface area contributed by atoms with E-state index in [-0.39, 0.29) is 0 Å². The minimum absolute atomic E-state index is 0.625. The highest BCUT2D eigenvalue weighted by Crippen LogP contribution is 2.18. The van der Waals surface area contributed by atoms with Gasteiger partial charge in [0.1, 0.15) is 5.04 Å². The molecule has 0 atom stereocenters. The van der Waals surface area contributed by atoms with E-state index >= 15 is 0 Å². The van der Waals surface area contributed by atoms with Crippen molar-refractivity contribution in [2.45, 2.75) is 26.7 Å². The Labute approximate surface area is 131 Å². The number of hydrogen-bond donors (Lipinski definition) is 1. The maximum absolute atomic E-state index is 9.15. The molecule has 0 aromatic heterocycles. The minimum atomic E-state index is 0.625. The molecule has 0 saturated carbocycles. The fourth-order valence-electron chi connectivity index (χ4n) is 2.03. The lowest BCUT2D eigenvalue weighted by atomic mass is 10.2. The molecule has 0 aliphatic carbocycles. The van der Waals surface area contributed by atoms with Crippen molar-refractivity contribution in [3.63, 3.8) is 0 Å². The Kier molecular flexibility index (Phi) is 8.74. The second kappa shape index (κ2) is 10.1. The molecule has 0 unspecified atom stereocenters. The van der Waals surface area contributed by atoms with Gasteiger partial charge in [0.05, 0.1) is 0 Å². The first kappa shape index (κ1) is 17.3. The summed E-state index contributed by atoms with van der Waals surface area (Å²) < 4.78 is 0. The molecule has 1 aromatic carbocycles. The van der Waals surface area contributed by atoms with Crippen LogP contribution in [0.1, 0.15) is 32.3 Å². The second-order valence-electron chi connectivity index (χ2n) is 4.61. The van der Waals surface area contributed by atoms with E-state index in [9.17, 15) is 0 Å². The van der Waals surface area contributed by atoms with Crippen LogP contribution in [0.3, 0.4) is 0 Å². The van der Waals surface area contributed by atoms with Gasteiger partial charge in [0.15, 0.2) is 0 Å². The SMILES string of the molecule is CCCN(CCC)CCS/C(=N/O)c1cccc(Cl)c1. The van der Waals surface area contributed by atoms with Crippen molar-refractivity contribution in [1.29, 1.82) is 0 Å². The summed E-state index contributed by atoms with van der Waals surface area (Å²) in [6, 6.07) is 7.40. The number of halogens is 1. The van der Waals surface area contributed by atoms with Crippen molar-refractivity contribution in [2.24, 2.45) is 5.16 Å². The Morgan fingerprint density at radius 2 is 1.95 bits per heavy atom. The summed E-state index contributed by atoms with van der Waals surface area (Å²) in [7, 11) is 0. The third kappa shape index (κ3) is 6.16. The van der Waals surface area contributed by atoms with Crippen LogP contribution in [0, 0.1) is 0 Å². The van der Waals surface area contributed by atoms with Gasteiger partial charge in [-0.1, -0.05) is 42.7 Å². The van der Waals surface area contributed by atoms with Crippen molar-refractivity contribution in [2.75, 3.05) is 25.4 Å². The van der Waals surface area contributed by atoms with Crippen LogP contribution in [0.25, 0.3) is 0 Å². The molecule has 0 saturated heterocycles. The molecule has 1 rings (SSSR count). The Balaban J connectivity index is 2.50. The third-order valence-corrected chi connectivity index (χ3v) is 4.10. The van der Waals surface area contributed by atoms with Crippen molar-refractivity contribution in [3.8, 4) is 0 Å². The zero-order chi connectivity index (χ0) is 14.8. The molecule has 5 heteroatoms. The lowest BCUT2D eigenvalue weighted by molar-refractivity contribution is 0.292. The van der Waals surface area contributed by atoms with Crippen LogP contribution in [0.15, 0.2) is 29.4 Å². The molecule has 112 valence electrons. The zero-order valence-electron chi connectivity index (χ0n) is 12.2. The molecule has 20 heavy (non-hydrogen) atoms. The Morgan fingerprint density at radius 3 is 2.50 bits per heavy atom. The lowest BCUT2D eigenvalue weighted by Gasteiger charge is -2.20. The number of benzene rings is 1. The molecule has 0 heterocycles. The molecule has 3 nitrogen and oxygen atoms in total. The van der Waals surface area contributed by atoms with E-state index in [1.165, 1.54) is 12.8 Å². The molecule has 1 aromatic rings. The van der Waals surface area contributed by atoms with E-state index in [1.807, 2.05) is 24.3 Å². The van der Waals surface area contributed by atoms with Crippen LogP contribution in [-0.4, -0.2) is 40.5 Å². The topological polar surface area (TPSA) is 35.8 Å². The van der Waals surface area contributed by atoms with E-state index < -0.39 is 0 Å². The van der Waals surface area contributed by atoms with Crippen LogP contribution in [0.5, 0.6) is 0 Å². The highest BCUT2D eigenvalue weighted by atomic mass is 35.5. The smallest absolute Gasteiger partial charge is 0.143 e. The number of nitrogens with zero attached hydrogens (tertiary/aromatic N) is 2. The van der Waals surface area contributed by atoms with Gasteiger partial charge in [-0.2, -0.15) is 0 Å². The van der Waals surface area contributed by atoms with Crippen LogP contribution in [-0.2, 0) is 0 Å². The fourth-order valence-corrected chi connectivity index (χ4v) is 3.12. The molecule has 0 bridgehead atoms. The molecule has 0 aliphatic rings. The minimum Gasteiger partial charge on any atom is -0.410 e. The number of hydrogen-bond acceptors (Lipinski definition) is 4. The first-order chi connectivity index (χ1) is 9.71. The maximum Gasteiger partial charge on any atom is 0.143 e. The van der Waals surface area contributed by atoms with Gasteiger partial charge in [-0.05, 0) is 38.1 Å². The summed E-state index contributed by atoms with van der Waals surface area (Å²) in [6.07, 6.45) is 2.33. The summed E-state index contributed by atoms with van der Waals surface area (Å²) in [5, 5.41) is 13.8. The van der Waals surface area contributed by atoms with E-state index in [0.29, 0.717) is 10.1 Å². The summed E-state index contributed by atoms with van der Waals surface area (Å²) >= 11 is 7.52. The number of rotatable bonds is 8. The van der Waals surface area contributed by atoms with Gasteiger partial charge in [-0.15, -0.1) is 11.8 Å². The van der Waals surface area contributed by atoms with Crippen LogP contribution >= 0.6 is 23.4 Å². The second-order valence-corrected chi connectivity index (χ2v) is 6.13. The standard InChI is InChI=1S/C15H23ClN2OS/c1-3-8-18(9-4-2)10-11-20-15(17-19)13-6-5-7-14(16)12-13/h5-7,12,19H,3-4,8-11H2,1-2H3/b17-15+. The Morgan fingerprint density at radius 1 is 1.25 bits per heavy atom. The van der Waals surface area contributed by atoms with Crippen molar-refractivity contribution in [1.82, 2.24) is 4.90 Å². The lowest BCUT2D eigenvalue weighted by Crippen LogP contribution is -2.28. The molecule has 0 fully saturated rings. The average molecular weight is 315 g/mol. The maximum atomic E-state index is 9.15. The van der Waals surface area contributed by atoms with E-state index in [2.05, 4.69) is 23.9 Å². The molecule has 0 aliphatic heterocycles.